The van der Waals surface area contributed by atoms with Crippen LogP contribution in [0.2, 0.25) is 0 Å². The molecular formula is C12H17FN2O4S. The van der Waals surface area contributed by atoms with Gasteiger partial charge in [-0.1, -0.05) is 6.92 Å². The summed E-state index contributed by atoms with van der Waals surface area (Å²) in [5.41, 5.74) is 5.35. The number of nitrogens with zero attached hydrogens (tertiary/aromatic N) is 1. The topological polar surface area (TPSA) is 89.7 Å². The van der Waals surface area contributed by atoms with Crippen molar-refractivity contribution >= 4 is 21.7 Å². The third kappa shape index (κ3) is 3.45. The summed E-state index contributed by atoms with van der Waals surface area (Å²) in [5, 5.41) is 0. The minimum atomic E-state index is -3.89. The first kappa shape index (κ1) is 16.4. The first-order chi connectivity index (χ1) is 9.20. The van der Waals surface area contributed by atoms with Crippen molar-refractivity contribution in [1.29, 1.82) is 0 Å². The summed E-state index contributed by atoms with van der Waals surface area (Å²) in [4.78, 5) is 11.1. The molecule has 0 saturated heterocycles. The largest absolute Gasteiger partial charge is 0.469 e. The highest BCUT2D eigenvalue weighted by Gasteiger charge is 2.27. The summed E-state index contributed by atoms with van der Waals surface area (Å²) < 4.78 is 43.0. The second kappa shape index (κ2) is 6.19. The smallest absolute Gasteiger partial charge is 0.309 e. The molecule has 0 heterocycles. The van der Waals surface area contributed by atoms with Crippen LogP contribution in [-0.4, -0.2) is 39.4 Å². The number of anilines is 1. The second-order valence-corrected chi connectivity index (χ2v) is 6.41. The highest BCUT2D eigenvalue weighted by atomic mass is 32.2. The molecule has 0 radical (unpaired) electrons. The Kier molecular flexibility index (Phi) is 5.07. The molecular weight excluding hydrogens is 287 g/mol. The number of hydrogen-bond acceptors (Lipinski definition) is 5. The van der Waals surface area contributed by atoms with Gasteiger partial charge in [-0.2, -0.15) is 0 Å². The third-order valence-electron chi connectivity index (χ3n) is 2.79. The Balaban J connectivity index is 3.01. The number of esters is 1. The molecule has 0 aliphatic heterocycles. The van der Waals surface area contributed by atoms with Crippen LogP contribution in [0.3, 0.4) is 0 Å². The van der Waals surface area contributed by atoms with E-state index >= 15 is 0 Å². The van der Waals surface area contributed by atoms with Gasteiger partial charge < -0.3 is 10.5 Å². The van der Waals surface area contributed by atoms with E-state index in [2.05, 4.69) is 4.74 Å². The van der Waals surface area contributed by atoms with Crippen LogP contribution in [-0.2, 0) is 19.6 Å². The van der Waals surface area contributed by atoms with Crippen molar-refractivity contribution < 1.29 is 22.3 Å². The van der Waals surface area contributed by atoms with Crippen LogP contribution in [0.4, 0.5) is 10.1 Å². The Morgan fingerprint density at radius 3 is 2.60 bits per heavy atom. The molecule has 1 aromatic rings. The molecule has 1 atom stereocenters. The van der Waals surface area contributed by atoms with Gasteiger partial charge in [-0.3, -0.25) is 4.79 Å². The molecule has 8 heteroatoms. The molecule has 20 heavy (non-hydrogen) atoms. The van der Waals surface area contributed by atoms with Crippen molar-refractivity contribution in [3.05, 3.63) is 24.0 Å². The molecule has 1 aromatic carbocycles. The zero-order valence-electron chi connectivity index (χ0n) is 11.5. The first-order valence-electron chi connectivity index (χ1n) is 5.79. The first-order valence-corrected chi connectivity index (χ1v) is 7.23. The molecule has 6 nitrogen and oxygen atoms in total. The SMILES string of the molecule is COC(=O)C(C)CN(C)S(=O)(=O)c1ccc(F)cc1N. The van der Waals surface area contributed by atoms with E-state index in [1.165, 1.54) is 14.2 Å². The number of nitrogen functional groups attached to an aromatic ring is 1. The number of methoxy groups -OCH3 is 1. The molecule has 1 rings (SSSR count). The van der Waals surface area contributed by atoms with Crippen molar-refractivity contribution in [2.24, 2.45) is 5.92 Å². The average Bonchev–Trinajstić information content (AvgIpc) is 2.36. The Hall–Kier alpha value is -1.67. The highest BCUT2D eigenvalue weighted by molar-refractivity contribution is 7.89. The summed E-state index contributed by atoms with van der Waals surface area (Å²) in [6.45, 7) is 1.48. The van der Waals surface area contributed by atoms with E-state index in [0.717, 1.165) is 22.5 Å². The maximum atomic E-state index is 12.9. The number of sulfonamides is 1. The Labute approximate surface area is 117 Å². The number of rotatable bonds is 5. The number of hydrogen-bond donors (Lipinski definition) is 1. The molecule has 0 spiro atoms. The predicted molar refractivity (Wildman–Crippen MR) is 71.8 cm³/mol. The molecule has 0 saturated carbocycles. The van der Waals surface area contributed by atoms with Crippen molar-refractivity contribution in [3.63, 3.8) is 0 Å². The highest BCUT2D eigenvalue weighted by Crippen LogP contribution is 2.23. The van der Waals surface area contributed by atoms with E-state index in [4.69, 9.17) is 5.73 Å². The summed E-state index contributed by atoms with van der Waals surface area (Å²) in [6.07, 6.45) is 0. The van der Waals surface area contributed by atoms with Crippen molar-refractivity contribution in [2.75, 3.05) is 26.4 Å². The van der Waals surface area contributed by atoms with Gasteiger partial charge in [-0.15, -0.1) is 0 Å². The van der Waals surface area contributed by atoms with Crippen LogP contribution in [0.5, 0.6) is 0 Å². The average molecular weight is 304 g/mol. The molecule has 112 valence electrons. The van der Waals surface area contributed by atoms with Crippen LogP contribution >= 0.6 is 0 Å². The van der Waals surface area contributed by atoms with E-state index < -0.39 is 27.7 Å². The van der Waals surface area contributed by atoms with E-state index in [1.54, 1.807) is 6.92 Å². The van der Waals surface area contributed by atoms with Crippen molar-refractivity contribution in [1.82, 2.24) is 4.31 Å². The van der Waals surface area contributed by atoms with E-state index in [-0.39, 0.29) is 17.1 Å². The van der Waals surface area contributed by atoms with E-state index in [9.17, 15) is 17.6 Å². The minimum absolute atomic E-state index is 0.0637. The summed E-state index contributed by atoms with van der Waals surface area (Å²) in [5.74, 6) is -1.76. The molecule has 2 N–H and O–H groups in total. The van der Waals surface area contributed by atoms with Gasteiger partial charge in [0.15, 0.2) is 0 Å². The van der Waals surface area contributed by atoms with Gasteiger partial charge in [0.25, 0.3) is 0 Å². The normalized spacial score (nSPS) is 13.2. The Morgan fingerprint density at radius 2 is 2.10 bits per heavy atom. The van der Waals surface area contributed by atoms with Gasteiger partial charge in [0.2, 0.25) is 10.0 Å². The fraction of sp³-hybridized carbons (Fsp3) is 0.417. The summed E-state index contributed by atoms with van der Waals surface area (Å²) in [7, 11) is -1.34. The fourth-order valence-electron chi connectivity index (χ4n) is 1.68. The molecule has 1 unspecified atom stereocenters. The predicted octanol–water partition coefficient (Wildman–Crippen LogP) is 0.837. The molecule has 0 bridgehead atoms. The standard InChI is InChI=1S/C12H17FN2O4S/c1-8(12(16)19-3)7-15(2)20(17,18)11-5-4-9(13)6-10(11)14/h4-6,8H,7,14H2,1-3H3. The lowest BCUT2D eigenvalue weighted by molar-refractivity contribution is -0.144. The van der Waals surface area contributed by atoms with E-state index in [0.29, 0.717) is 0 Å². The van der Waals surface area contributed by atoms with Gasteiger partial charge >= 0.3 is 5.97 Å². The second-order valence-electron chi connectivity index (χ2n) is 4.39. The number of halogens is 1. The molecule has 0 amide bonds. The van der Waals surface area contributed by atoms with Crippen LogP contribution in [0.1, 0.15) is 6.92 Å². The Morgan fingerprint density at radius 1 is 1.50 bits per heavy atom. The summed E-state index contributed by atoms with van der Waals surface area (Å²) in [6, 6.07) is 3.05. The fourth-order valence-corrected chi connectivity index (χ4v) is 3.03. The quantitative estimate of drug-likeness (QED) is 0.643. The van der Waals surface area contributed by atoms with Gasteiger partial charge in [0.05, 0.1) is 18.7 Å². The molecule has 0 aliphatic carbocycles. The summed E-state index contributed by atoms with van der Waals surface area (Å²) >= 11 is 0. The lowest BCUT2D eigenvalue weighted by Gasteiger charge is -2.20. The number of carbonyl (C=O) groups is 1. The Bertz CT molecular complexity index is 603. The van der Waals surface area contributed by atoms with Gasteiger partial charge in [0.1, 0.15) is 10.7 Å². The lowest BCUT2D eigenvalue weighted by atomic mass is 10.2. The molecule has 0 fully saturated rings. The number of ether oxygens (including phenoxy) is 1. The molecule has 0 aromatic heterocycles. The van der Waals surface area contributed by atoms with Gasteiger partial charge in [-0.25, -0.2) is 17.1 Å². The zero-order valence-corrected chi connectivity index (χ0v) is 12.3. The van der Waals surface area contributed by atoms with Crippen LogP contribution in [0, 0.1) is 11.7 Å². The number of benzene rings is 1. The van der Waals surface area contributed by atoms with E-state index in [1.807, 2.05) is 0 Å². The zero-order chi connectivity index (χ0) is 15.5. The van der Waals surface area contributed by atoms with Gasteiger partial charge in [-0.05, 0) is 18.2 Å². The van der Waals surface area contributed by atoms with Crippen LogP contribution in [0.15, 0.2) is 23.1 Å². The maximum absolute atomic E-state index is 12.9. The maximum Gasteiger partial charge on any atom is 0.309 e. The molecule has 0 aliphatic rings. The van der Waals surface area contributed by atoms with Crippen molar-refractivity contribution in [2.45, 2.75) is 11.8 Å². The number of nitrogens with two attached hydrogens (primary N) is 1. The monoisotopic (exact) mass is 304 g/mol. The third-order valence-corrected chi connectivity index (χ3v) is 4.69. The minimum Gasteiger partial charge on any atom is -0.469 e. The van der Waals surface area contributed by atoms with Crippen molar-refractivity contribution in [3.8, 4) is 0 Å². The number of carbonyl (C=O) groups excluding carboxylic acids is 1. The lowest BCUT2D eigenvalue weighted by Crippen LogP contribution is -2.34. The van der Waals surface area contributed by atoms with Crippen LogP contribution in [0.25, 0.3) is 0 Å². The van der Waals surface area contributed by atoms with Gasteiger partial charge in [0, 0.05) is 13.6 Å². The van der Waals surface area contributed by atoms with Crippen LogP contribution < -0.4 is 5.73 Å².